The first-order chi connectivity index (χ1) is 13.5. The van der Waals surface area contributed by atoms with Gasteiger partial charge in [0.15, 0.2) is 0 Å². The third-order valence-corrected chi connectivity index (χ3v) is 5.31. The Morgan fingerprint density at radius 1 is 1.14 bits per heavy atom. The van der Waals surface area contributed by atoms with Crippen molar-refractivity contribution in [3.8, 4) is 5.75 Å². The summed E-state index contributed by atoms with van der Waals surface area (Å²) >= 11 is 0. The Hall–Kier alpha value is -2.96. The molecule has 1 N–H and O–H groups in total. The van der Waals surface area contributed by atoms with Crippen LogP contribution in [0.4, 0.5) is 5.69 Å². The lowest BCUT2D eigenvalue weighted by atomic mass is 10.1. The van der Waals surface area contributed by atoms with Crippen molar-refractivity contribution in [3.05, 3.63) is 47.3 Å². The van der Waals surface area contributed by atoms with E-state index in [0.29, 0.717) is 44.0 Å². The van der Waals surface area contributed by atoms with Gasteiger partial charge in [-0.2, -0.15) is 0 Å². The first kappa shape index (κ1) is 19.8. The Balaban J connectivity index is 1.69. The summed E-state index contributed by atoms with van der Waals surface area (Å²) in [6, 6.07) is 7.87. The monoisotopic (exact) mass is 385 g/mol. The number of aromatic nitrogens is 1. The van der Waals surface area contributed by atoms with Crippen LogP contribution in [0.3, 0.4) is 0 Å². The van der Waals surface area contributed by atoms with E-state index < -0.39 is 5.97 Å². The molecule has 0 radical (unpaired) electrons. The highest BCUT2D eigenvalue weighted by molar-refractivity contribution is 5.93. The normalized spacial score (nSPS) is 14.2. The summed E-state index contributed by atoms with van der Waals surface area (Å²) in [6.45, 7) is 6.99. The molecule has 3 rings (SSSR count). The predicted octanol–water partition coefficient (Wildman–Crippen LogP) is 2.41. The Morgan fingerprint density at radius 2 is 1.82 bits per heavy atom. The summed E-state index contributed by atoms with van der Waals surface area (Å²) in [6.07, 6.45) is 1.92. The second-order valence-corrected chi connectivity index (χ2v) is 6.94. The van der Waals surface area contributed by atoms with Crippen molar-refractivity contribution >= 4 is 17.6 Å². The van der Waals surface area contributed by atoms with E-state index in [4.69, 9.17) is 4.74 Å². The number of amides is 1. The molecule has 1 saturated heterocycles. The fourth-order valence-electron chi connectivity index (χ4n) is 3.85. The highest BCUT2D eigenvalue weighted by atomic mass is 16.5. The maximum absolute atomic E-state index is 12.9. The second kappa shape index (κ2) is 8.37. The van der Waals surface area contributed by atoms with Gasteiger partial charge in [0.05, 0.1) is 24.8 Å². The van der Waals surface area contributed by atoms with E-state index in [0.717, 1.165) is 11.4 Å². The number of aryl methyl sites for hydroxylation is 2. The standard InChI is InChI=1S/C21H27N3O4/c1-4-22-14-15(2)20(21(26)27)17(22)13-19(25)24-11-9-23(10-12-24)16-7-5-6-8-18(16)28-3/h5-8,14H,4,9-13H2,1-3H3,(H,26,27). The molecule has 0 atom stereocenters. The average Bonchev–Trinajstić information content (AvgIpc) is 3.03. The van der Waals surface area contributed by atoms with Crippen LogP contribution in [0.25, 0.3) is 0 Å². The number of aromatic carboxylic acids is 1. The molecule has 0 bridgehead atoms. The number of rotatable bonds is 6. The molecule has 1 aromatic heterocycles. The van der Waals surface area contributed by atoms with Gasteiger partial charge in [0.25, 0.3) is 0 Å². The van der Waals surface area contributed by atoms with Gasteiger partial charge < -0.3 is 24.2 Å². The van der Waals surface area contributed by atoms with Crippen LogP contribution in [-0.2, 0) is 17.8 Å². The summed E-state index contributed by atoms with van der Waals surface area (Å²) in [7, 11) is 1.66. The molecular formula is C21H27N3O4. The third kappa shape index (κ3) is 3.83. The maximum atomic E-state index is 12.9. The lowest BCUT2D eigenvalue weighted by molar-refractivity contribution is -0.130. The van der Waals surface area contributed by atoms with Crippen LogP contribution in [0.5, 0.6) is 5.75 Å². The number of methoxy groups -OCH3 is 1. The second-order valence-electron chi connectivity index (χ2n) is 6.94. The van der Waals surface area contributed by atoms with Crippen molar-refractivity contribution in [2.45, 2.75) is 26.8 Å². The molecule has 1 fully saturated rings. The molecule has 150 valence electrons. The number of carbonyl (C=O) groups is 2. The van der Waals surface area contributed by atoms with Gasteiger partial charge in [0.1, 0.15) is 5.75 Å². The highest BCUT2D eigenvalue weighted by Gasteiger charge is 2.26. The minimum atomic E-state index is -0.978. The Bertz CT molecular complexity index is 867. The number of nitrogens with zero attached hydrogens (tertiary/aromatic N) is 3. The van der Waals surface area contributed by atoms with Gasteiger partial charge in [-0.3, -0.25) is 4.79 Å². The molecule has 1 aliphatic heterocycles. The molecule has 0 saturated carbocycles. The number of para-hydroxylation sites is 2. The van der Waals surface area contributed by atoms with Gasteiger partial charge in [0.2, 0.25) is 5.91 Å². The smallest absolute Gasteiger partial charge is 0.337 e. The first-order valence-corrected chi connectivity index (χ1v) is 9.53. The van der Waals surface area contributed by atoms with Crippen LogP contribution in [0.1, 0.15) is 28.5 Å². The molecule has 7 nitrogen and oxygen atoms in total. The van der Waals surface area contributed by atoms with Crippen LogP contribution >= 0.6 is 0 Å². The Labute approximate surface area is 165 Å². The zero-order valence-electron chi connectivity index (χ0n) is 16.6. The summed E-state index contributed by atoms with van der Waals surface area (Å²) in [5.74, 6) is -0.187. The first-order valence-electron chi connectivity index (χ1n) is 9.53. The molecule has 28 heavy (non-hydrogen) atoms. The molecule has 1 amide bonds. The molecule has 2 heterocycles. The summed E-state index contributed by atoms with van der Waals surface area (Å²) in [4.78, 5) is 28.5. The van der Waals surface area contributed by atoms with E-state index in [-0.39, 0.29) is 17.9 Å². The van der Waals surface area contributed by atoms with Gasteiger partial charge in [-0.05, 0) is 31.5 Å². The van der Waals surface area contributed by atoms with Crippen molar-refractivity contribution in [3.63, 3.8) is 0 Å². The number of ether oxygens (including phenoxy) is 1. The Morgan fingerprint density at radius 3 is 2.43 bits per heavy atom. The van der Waals surface area contributed by atoms with E-state index in [1.165, 1.54) is 0 Å². The minimum absolute atomic E-state index is 0.0324. The summed E-state index contributed by atoms with van der Waals surface area (Å²) in [5, 5.41) is 9.53. The van der Waals surface area contributed by atoms with Gasteiger partial charge >= 0.3 is 5.97 Å². The predicted molar refractivity (Wildman–Crippen MR) is 107 cm³/mol. The maximum Gasteiger partial charge on any atom is 0.337 e. The lowest BCUT2D eigenvalue weighted by Crippen LogP contribution is -2.49. The SMILES string of the molecule is CCn1cc(C)c(C(=O)O)c1CC(=O)N1CCN(c2ccccc2OC)CC1. The number of benzene rings is 1. The van der Waals surface area contributed by atoms with E-state index in [9.17, 15) is 14.7 Å². The van der Waals surface area contributed by atoms with Crippen LogP contribution in [-0.4, -0.2) is 59.7 Å². The van der Waals surface area contributed by atoms with E-state index in [1.807, 2.05) is 46.9 Å². The summed E-state index contributed by atoms with van der Waals surface area (Å²) < 4.78 is 7.30. The van der Waals surface area contributed by atoms with Crippen molar-refractivity contribution in [1.82, 2.24) is 9.47 Å². The minimum Gasteiger partial charge on any atom is -0.495 e. The molecule has 1 aliphatic rings. The topological polar surface area (TPSA) is 75.0 Å². The number of piperazine rings is 1. The number of carbonyl (C=O) groups excluding carboxylic acids is 1. The average molecular weight is 385 g/mol. The van der Waals surface area contributed by atoms with Gasteiger partial charge in [-0.1, -0.05) is 12.1 Å². The Kier molecular flexibility index (Phi) is 5.92. The fourth-order valence-corrected chi connectivity index (χ4v) is 3.85. The molecule has 0 spiro atoms. The zero-order valence-corrected chi connectivity index (χ0v) is 16.6. The molecular weight excluding hydrogens is 358 g/mol. The molecule has 7 heteroatoms. The van der Waals surface area contributed by atoms with Crippen LogP contribution in [0.2, 0.25) is 0 Å². The largest absolute Gasteiger partial charge is 0.495 e. The molecule has 2 aromatic rings. The molecule has 0 aliphatic carbocycles. The zero-order chi connectivity index (χ0) is 20.3. The van der Waals surface area contributed by atoms with E-state index >= 15 is 0 Å². The van der Waals surface area contributed by atoms with Gasteiger partial charge in [0, 0.05) is 44.6 Å². The van der Waals surface area contributed by atoms with Crippen LogP contribution in [0, 0.1) is 6.92 Å². The number of hydrogen-bond acceptors (Lipinski definition) is 4. The lowest BCUT2D eigenvalue weighted by Gasteiger charge is -2.36. The van der Waals surface area contributed by atoms with Crippen molar-refractivity contribution in [2.24, 2.45) is 0 Å². The fraction of sp³-hybridized carbons (Fsp3) is 0.429. The quantitative estimate of drug-likeness (QED) is 0.827. The summed E-state index contributed by atoms with van der Waals surface area (Å²) in [5.41, 5.74) is 2.56. The third-order valence-electron chi connectivity index (χ3n) is 5.31. The van der Waals surface area contributed by atoms with E-state index in [2.05, 4.69) is 4.90 Å². The number of hydrogen-bond donors (Lipinski definition) is 1. The number of anilines is 1. The molecule has 0 unspecified atom stereocenters. The van der Waals surface area contributed by atoms with Crippen molar-refractivity contribution < 1.29 is 19.4 Å². The van der Waals surface area contributed by atoms with Crippen molar-refractivity contribution in [2.75, 3.05) is 38.2 Å². The van der Waals surface area contributed by atoms with Crippen LogP contribution in [0.15, 0.2) is 30.5 Å². The van der Waals surface area contributed by atoms with Gasteiger partial charge in [-0.15, -0.1) is 0 Å². The number of carboxylic acid groups (broad SMARTS) is 1. The van der Waals surface area contributed by atoms with E-state index in [1.54, 1.807) is 14.0 Å². The molecule has 1 aromatic carbocycles. The van der Waals surface area contributed by atoms with Crippen LogP contribution < -0.4 is 9.64 Å². The highest BCUT2D eigenvalue weighted by Crippen LogP contribution is 2.28. The van der Waals surface area contributed by atoms with Crippen molar-refractivity contribution in [1.29, 1.82) is 0 Å². The number of carboxylic acids is 1. The van der Waals surface area contributed by atoms with Gasteiger partial charge in [-0.25, -0.2) is 4.79 Å².